The quantitative estimate of drug-likeness (QED) is 0.502. The zero-order valence-corrected chi connectivity index (χ0v) is 17.9. The van der Waals surface area contributed by atoms with Gasteiger partial charge in [-0.25, -0.2) is 18.1 Å². The summed E-state index contributed by atoms with van der Waals surface area (Å²) in [6, 6.07) is 13.2. The lowest BCUT2D eigenvalue weighted by molar-refractivity contribution is 0.0955. The average Bonchev–Trinajstić information content (AvgIpc) is 2.69. The fourth-order valence-corrected chi connectivity index (χ4v) is 3.25. The van der Waals surface area contributed by atoms with Gasteiger partial charge in [0.25, 0.3) is 5.91 Å². The van der Waals surface area contributed by atoms with Gasteiger partial charge in [-0.2, -0.15) is 5.10 Å². The monoisotopic (exact) mass is 417 g/mol. The van der Waals surface area contributed by atoms with Gasteiger partial charge in [-0.15, -0.1) is 0 Å². The lowest BCUT2D eigenvalue weighted by Gasteiger charge is -2.11. The first-order valence-corrected chi connectivity index (χ1v) is 10.7. The van der Waals surface area contributed by atoms with E-state index in [1.54, 1.807) is 0 Å². The minimum absolute atomic E-state index is 0.0483. The Morgan fingerprint density at radius 3 is 2.48 bits per heavy atom. The van der Waals surface area contributed by atoms with Gasteiger partial charge in [0.05, 0.1) is 17.7 Å². The zero-order chi connectivity index (χ0) is 21.4. The van der Waals surface area contributed by atoms with Gasteiger partial charge in [-0.05, 0) is 60.4 Å². The van der Waals surface area contributed by atoms with Crippen LogP contribution < -0.4 is 10.2 Å². The number of ether oxygens (including phenoxy) is 1. The van der Waals surface area contributed by atoms with Crippen molar-refractivity contribution in [3.63, 3.8) is 0 Å². The van der Waals surface area contributed by atoms with Crippen molar-refractivity contribution in [2.24, 2.45) is 11.0 Å². The molecule has 0 aliphatic heterocycles. The van der Waals surface area contributed by atoms with Crippen molar-refractivity contribution in [3.05, 3.63) is 59.7 Å². The molecular formula is C21H27N3O4S. The first-order chi connectivity index (χ1) is 13.7. The molecule has 0 aromatic heterocycles. The van der Waals surface area contributed by atoms with Gasteiger partial charge in [0.15, 0.2) is 0 Å². The maximum absolute atomic E-state index is 12.3. The zero-order valence-electron chi connectivity index (χ0n) is 17.1. The molecular weight excluding hydrogens is 390 g/mol. The number of benzene rings is 2. The average molecular weight is 418 g/mol. The summed E-state index contributed by atoms with van der Waals surface area (Å²) in [5.41, 5.74) is 3.41. The van der Waals surface area contributed by atoms with Gasteiger partial charge in [0, 0.05) is 19.7 Å². The van der Waals surface area contributed by atoms with E-state index in [4.69, 9.17) is 4.74 Å². The Labute approximate surface area is 172 Å². The molecule has 7 nitrogen and oxygen atoms in total. The maximum atomic E-state index is 12.3. The van der Waals surface area contributed by atoms with Crippen molar-refractivity contribution in [1.29, 1.82) is 0 Å². The predicted octanol–water partition coefficient (Wildman–Crippen LogP) is 3.13. The van der Waals surface area contributed by atoms with Gasteiger partial charge in [0.1, 0.15) is 5.75 Å². The van der Waals surface area contributed by atoms with E-state index < -0.39 is 15.9 Å². The Morgan fingerprint density at radius 1 is 1.17 bits per heavy atom. The molecule has 0 aliphatic carbocycles. The van der Waals surface area contributed by atoms with E-state index in [9.17, 15) is 13.2 Å². The van der Waals surface area contributed by atoms with Crippen LogP contribution in [0.3, 0.4) is 0 Å². The van der Waals surface area contributed by atoms with E-state index in [-0.39, 0.29) is 10.5 Å². The first-order valence-electron chi connectivity index (χ1n) is 9.29. The molecule has 1 amide bonds. The lowest BCUT2D eigenvalue weighted by atomic mass is 10.1. The predicted molar refractivity (Wildman–Crippen MR) is 114 cm³/mol. The van der Waals surface area contributed by atoms with E-state index in [0.29, 0.717) is 12.5 Å². The van der Waals surface area contributed by atoms with Crippen LogP contribution in [-0.2, 0) is 10.0 Å². The topological polar surface area (TPSA) is 88.1 Å². The van der Waals surface area contributed by atoms with E-state index >= 15 is 0 Å². The molecule has 0 saturated heterocycles. The molecule has 2 aromatic rings. The van der Waals surface area contributed by atoms with Crippen LogP contribution in [0.1, 0.15) is 36.2 Å². The fourth-order valence-electron chi connectivity index (χ4n) is 2.30. The summed E-state index contributed by atoms with van der Waals surface area (Å²) < 4.78 is 31.1. The summed E-state index contributed by atoms with van der Waals surface area (Å²) in [6.45, 7) is 4.97. The summed E-state index contributed by atoms with van der Waals surface area (Å²) in [4.78, 5) is 12.3. The fraction of sp³-hybridized carbons (Fsp3) is 0.333. The van der Waals surface area contributed by atoms with Crippen molar-refractivity contribution in [3.8, 4) is 5.75 Å². The molecule has 8 heteroatoms. The highest BCUT2D eigenvalue weighted by Gasteiger charge is 2.18. The molecule has 2 aromatic carbocycles. The Bertz CT molecular complexity index is 952. The van der Waals surface area contributed by atoms with E-state index in [1.165, 1.54) is 44.6 Å². The Balaban J connectivity index is 1.96. The smallest absolute Gasteiger partial charge is 0.271 e. The van der Waals surface area contributed by atoms with Gasteiger partial charge >= 0.3 is 0 Å². The minimum atomic E-state index is -3.61. The second kappa shape index (κ2) is 10.2. The standard InChI is InChI=1S/C21H27N3O4S/c1-16(2)12-13-28-19-10-8-17(9-11-19)15-22-23-21(25)18-6-5-7-20(14-18)29(26,27)24(3)4/h5-11,14-16H,12-13H2,1-4H3,(H,23,25)/b22-15-. The summed E-state index contributed by atoms with van der Waals surface area (Å²) in [5, 5.41) is 3.93. The molecule has 0 unspecified atom stereocenters. The molecule has 0 saturated carbocycles. The number of hydrogen-bond acceptors (Lipinski definition) is 5. The molecule has 0 radical (unpaired) electrons. The van der Waals surface area contributed by atoms with Crippen LogP contribution in [0, 0.1) is 5.92 Å². The number of hydrazone groups is 1. The highest BCUT2D eigenvalue weighted by atomic mass is 32.2. The van der Waals surface area contributed by atoms with Crippen LogP contribution in [0.2, 0.25) is 0 Å². The number of amides is 1. The Kier molecular flexibility index (Phi) is 7.92. The van der Waals surface area contributed by atoms with Crippen LogP contribution in [0.25, 0.3) is 0 Å². The van der Waals surface area contributed by atoms with Crippen molar-refractivity contribution >= 4 is 22.1 Å². The van der Waals surface area contributed by atoms with Crippen molar-refractivity contribution < 1.29 is 17.9 Å². The number of sulfonamides is 1. The van der Waals surface area contributed by atoms with Crippen LogP contribution >= 0.6 is 0 Å². The molecule has 0 aliphatic rings. The molecule has 0 heterocycles. The van der Waals surface area contributed by atoms with Crippen LogP contribution in [0.4, 0.5) is 0 Å². The first kappa shape index (κ1) is 22.6. The van der Waals surface area contributed by atoms with E-state index in [0.717, 1.165) is 22.0 Å². The normalized spacial score (nSPS) is 11.9. The molecule has 0 fully saturated rings. The summed E-state index contributed by atoms with van der Waals surface area (Å²) in [6.07, 6.45) is 2.50. The number of rotatable bonds is 9. The van der Waals surface area contributed by atoms with Gasteiger partial charge in [-0.1, -0.05) is 19.9 Å². The number of hydrogen-bond donors (Lipinski definition) is 1. The highest BCUT2D eigenvalue weighted by Crippen LogP contribution is 2.15. The van der Waals surface area contributed by atoms with Crippen molar-refractivity contribution in [2.75, 3.05) is 20.7 Å². The SMILES string of the molecule is CC(C)CCOc1ccc(/C=N\NC(=O)c2cccc(S(=O)(=O)N(C)C)c2)cc1. The van der Waals surface area contributed by atoms with Crippen LogP contribution in [0.15, 0.2) is 58.5 Å². The number of nitrogens with zero attached hydrogens (tertiary/aromatic N) is 2. The Hall–Kier alpha value is -2.71. The van der Waals surface area contributed by atoms with Gasteiger partial charge in [-0.3, -0.25) is 4.79 Å². The summed E-state index contributed by atoms with van der Waals surface area (Å²) in [7, 11) is -0.734. The third-order valence-electron chi connectivity index (χ3n) is 4.10. The Morgan fingerprint density at radius 2 is 1.86 bits per heavy atom. The molecule has 1 N–H and O–H groups in total. The number of carbonyl (C=O) groups excluding carboxylic acids is 1. The lowest BCUT2D eigenvalue weighted by Crippen LogP contribution is -2.23. The maximum Gasteiger partial charge on any atom is 0.271 e. The van der Waals surface area contributed by atoms with Crippen LogP contribution in [-0.4, -0.2) is 45.5 Å². The molecule has 156 valence electrons. The number of carbonyl (C=O) groups is 1. The molecule has 0 bridgehead atoms. The third kappa shape index (κ3) is 6.69. The second-order valence-electron chi connectivity index (χ2n) is 7.11. The van der Waals surface area contributed by atoms with Crippen molar-refractivity contribution in [1.82, 2.24) is 9.73 Å². The third-order valence-corrected chi connectivity index (χ3v) is 5.91. The van der Waals surface area contributed by atoms with E-state index in [2.05, 4.69) is 24.4 Å². The van der Waals surface area contributed by atoms with Gasteiger partial charge < -0.3 is 4.74 Å². The minimum Gasteiger partial charge on any atom is -0.494 e. The molecule has 29 heavy (non-hydrogen) atoms. The molecule has 2 rings (SSSR count). The summed E-state index contributed by atoms with van der Waals surface area (Å²) >= 11 is 0. The largest absolute Gasteiger partial charge is 0.494 e. The van der Waals surface area contributed by atoms with E-state index in [1.807, 2.05) is 24.3 Å². The number of nitrogens with one attached hydrogen (secondary N) is 1. The second-order valence-corrected chi connectivity index (χ2v) is 9.27. The highest BCUT2D eigenvalue weighted by molar-refractivity contribution is 7.89. The molecule has 0 atom stereocenters. The molecule has 0 spiro atoms. The van der Waals surface area contributed by atoms with Crippen LogP contribution in [0.5, 0.6) is 5.75 Å². The van der Waals surface area contributed by atoms with Gasteiger partial charge in [0.2, 0.25) is 10.0 Å². The summed E-state index contributed by atoms with van der Waals surface area (Å²) in [5.74, 6) is 0.880. The van der Waals surface area contributed by atoms with Crippen molar-refractivity contribution in [2.45, 2.75) is 25.2 Å².